The van der Waals surface area contributed by atoms with Gasteiger partial charge in [-0.15, -0.1) is 0 Å². The second kappa shape index (κ2) is 6.02. The number of hydrogen-bond acceptors (Lipinski definition) is 5. The first-order valence-corrected chi connectivity index (χ1v) is 9.55. The van der Waals surface area contributed by atoms with Crippen molar-refractivity contribution in [1.29, 1.82) is 0 Å². The van der Waals surface area contributed by atoms with Crippen molar-refractivity contribution in [3.63, 3.8) is 0 Å². The maximum absolute atomic E-state index is 12.9. The average molecular weight is 433 g/mol. The summed E-state index contributed by atoms with van der Waals surface area (Å²) in [6, 6.07) is 2.93. The molecule has 0 amide bonds. The highest BCUT2D eigenvalue weighted by Gasteiger charge is 2.41. The smallest absolute Gasteiger partial charge is 0.347 e. The third kappa shape index (κ3) is 2.20. The first-order chi connectivity index (χ1) is 14.2. The monoisotopic (exact) mass is 432 g/mol. The Morgan fingerprint density at radius 1 is 0.933 bits per heavy atom. The maximum atomic E-state index is 12.9. The number of aromatic nitrogens is 6. The Bertz CT molecular complexity index is 1490. The van der Waals surface area contributed by atoms with Crippen LogP contribution in [0.4, 0.5) is 0 Å². The number of fused-ring (bicyclic) bond motifs is 4. The van der Waals surface area contributed by atoms with Crippen LogP contribution in [-0.4, -0.2) is 33.0 Å². The molecule has 0 saturated carbocycles. The molecule has 0 fully saturated rings. The average Bonchev–Trinajstić information content (AvgIpc) is 3.07. The molecule has 2 atom stereocenters. The molecule has 0 aliphatic carbocycles. The molecule has 0 unspecified atom stereocenters. The highest BCUT2D eigenvalue weighted by atomic mass is 35.5. The molecule has 1 N–H and O–H groups in total. The van der Waals surface area contributed by atoms with E-state index in [0.29, 0.717) is 11.1 Å². The van der Waals surface area contributed by atoms with Crippen molar-refractivity contribution in [1.82, 2.24) is 27.9 Å². The number of halogens is 1. The minimum atomic E-state index is -0.783. The minimum absolute atomic E-state index is 0.0102. The standard InChI is InChI=1S/C18H17ClN6O5/c1-20-15(27)22-6-5-11-13(24(22)17(20)29)8-23-16(28)21(2)18(30)25(23)14(11)10-4-3-9(26)7-12(10)19/h3-5,7,13-14,26H,6,8H2,1-2H3/t13-,14+/m1/s1. The number of nitrogens with zero attached hydrogens (tertiary/aromatic N) is 6. The van der Waals surface area contributed by atoms with Crippen LogP contribution in [-0.2, 0) is 27.2 Å². The third-order valence-electron chi connectivity index (χ3n) is 5.87. The number of phenols is 1. The summed E-state index contributed by atoms with van der Waals surface area (Å²) in [6.45, 7) is 0.148. The largest absolute Gasteiger partial charge is 0.508 e. The zero-order valence-corrected chi connectivity index (χ0v) is 16.8. The lowest BCUT2D eigenvalue weighted by molar-refractivity contribution is 0.246. The summed E-state index contributed by atoms with van der Waals surface area (Å²) in [6.07, 6.45) is 1.78. The molecule has 1 aromatic carbocycles. The fourth-order valence-corrected chi connectivity index (χ4v) is 4.67. The number of rotatable bonds is 1. The molecule has 0 bridgehead atoms. The summed E-state index contributed by atoms with van der Waals surface area (Å²) in [5.74, 6) is -0.0420. The summed E-state index contributed by atoms with van der Waals surface area (Å²) in [4.78, 5) is 50.8. The van der Waals surface area contributed by atoms with Crippen LogP contribution < -0.4 is 22.8 Å². The van der Waals surface area contributed by atoms with Gasteiger partial charge in [-0.25, -0.2) is 47.0 Å². The predicted molar refractivity (Wildman–Crippen MR) is 106 cm³/mol. The van der Waals surface area contributed by atoms with Gasteiger partial charge in [0.2, 0.25) is 0 Å². The zero-order valence-electron chi connectivity index (χ0n) is 16.0. The fraction of sp³-hybridized carbons (Fsp3) is 0.333. The van der Waals surface area contributed by atoms with Gasteiger partial charge in [0.1, 0.15) is 11.8 Å². The minimum Gasteiger partial charge on any atom is -0.508 e. The molecule has 4 heterocycles. The molecule has 2 aliphatic rings. The molecule has 0 saturated heterocycles. The van der Waals surface area contributed by atoms with Crippen LogP contribution in [0.25, 0.3) is 0 Å². The SMILES string of the molecule is Cn1c(=O)n2n(c1=O)[C@@H]1Cn3c(=O)n(C)c(=O)n3[C@@H](c3ccc(O)cc3Cl)C1=CC2. The second-order valence-corrected chi connectivity index (χ2v) is 7.84. The van der Waals surface area contributed by atoms with Crippen LogP contribution in [0.5, 0.6) is 5.75 Å². The molecule has 5 rings (SSSR count). The van der Waals surface area contributed by atoms with Crippen molar-refractivity contribution in [2.75, 3.05) is 0 Å². The number of benzene rings is 1. The molecular weight excluding hydrogens is 416 g/mol. The molecule has 0 radical (unpaired) electrons. The summed E-state index contributed by atoms with van der Waals surface area (Å²) in [5, 5.41) is 9.96. The summed E-state index contributed by atoms with van der Waals surface area (Å²) in [7, 11) is 2.77. The van der Waals surface area contributed by atoms with Crippen molar-refractivity contribution in [3.05, 3.63) is 82.4 Å². The topological polar surface area (TPSA) is 118 Å². The van der Waals surface area contributed by atoms with Gasteiger partial charge in [0.25, 0.3) is 0 Å². The Hall–Kier alpha value is -3.47. The second-order valence-electron chi connectivity index (χ2n) is 7.43. The lowest BCUT2D eigenvalue weighted by Crippen LogP contribution is -2.47. The van der Waals surface area contributed by atoms with Gasteiger partial charge in [-0.2, -0.15) is 0 Å². The Morgan fingerprint density at radius 3 is 2.23 bits per heavy atom. The van der Waals surface area contributed by atoms with Crippen molar-refractivity contribution >= 4 is 11.6 Å². The Kier molecular flexibility index (Phi) is 3.72. The molecule has 0 spiro atoms. The summed E-state index contributed by atoms with van der Waals surface area (Å²) < 4.78 is 7.21. The van der Waals surface area contributed by atoms with E-state index in [4.69, 9.17) is 11.6 Å². The van der Waals surface area contributed by atoms with Crippen LogP contribution in [0.3, 0.4) is 0 Å². The lowest BCUT2D eigenvalue weighted by atomic mass is 9.90. The van der Waals surface area contributed by atoms with Crippen molar-refractivity contribution in [2.45, 2.75) is 25.2 Å². The lowest BCUT2D eigenvalue weighted by Gasteiger charge is -2.37. The highest BCUT2D eigenvalue weighted by Crippen LogP contribution is 2.41. The normalized spacial score (nSPS) is 19.8. The number of phenolic OH excluding ortho intramolecular Hbond substituents is 1. The third-order valence-corrected chi connectivity index (χ3v) is 6.19. The quantitative estimate of drug-likeness (QED) is 0.503. The van der Waals surface area contributed by atoms with E-state index >= 15 is 0 Å². The fourth-order valence-electron chi connectivity index (χ4n) is 4.39. The van der Waals surface area contributed by atoms with Crippen molar-refractivity contribution in [3.8, 4) is 5.75 Å². The molecular formula is C18H17ClN6O5. The van der Waals surface area contributed by atoms with E-state index in [9.17, 15) is 24.3 Å². The van der Waals surface area contributed by atoms with E-state index in [-0.39, 0.29) is 23.9 Å². The van der Waals surface area contributed by atoms with Gasteiger partial charge < -0.3 is 5.11 Å². The molecule has 11 nitrogen and oxygen atoms in total. The van der Waals surface area contributed by atoms with E-state index in [0.717, 1.165) is 9.13 Å². The number of allylic oxidation sites excluding steroid dienone is 2. The Balaban J connectivity index is 1.85. The zero-order chi connectivity index (χ0) is 21.5. The molecule has 2 aliphatic heterocycles. The first-order valence-electron chi connectivity index (χ1n) is 9.17. The van der Waals surface area contributed by atoms with Gasteiger partial charge in [0.05, 0.1) is 19.1 Å². The van der Waals surface area contributed by atoms with Crippen molar-refractivity contribution in [2.24, 2.45) is 14.1 Å². The van der Waals surface area contributed by atoms with Gasteiger partial charge in [-0.05, 0) is 23.3 Å². The number of hydrogen-bond donors (Lipinski definition) is 1. The molecule has 2 aromatic heterocycles. The molecule has 30 heavy (non-hydrogen) atoms. The van der Waals surface area contributed by atoms with Gasteiger partial charge >= 0.3 is 22.8 Å². The van der Waals surface area contributed by atoms with Gasteiger partial charge in [-0.1, -0.05) is 23.7 Å². The number of aromatic hydroxyl groups is 1. The van der Waals surface area contributed by atoms with Crippen LogP contribution in [0.1, 0.15) is 17.6 Å². The van der Waals surface area contributed by atoms with E-state index < -0.39 is 34.8 Å². The van der Waals surface area contributed by atoms with Gasteiger partial charge in [0, 0.05) is 19.1 Å². The Labute approximate surface area is 172 Å². The van der Waals surface area contributed by atoms with E-state index in [2.05, 4.69) is 0 Å². The predicted octanol–water partition coefficient (Wildman–Crippen LogP) is -0.846. The summed E-state index contributed by atoms with van der Waals surface area (Å²) >= 11 is 6.40. The molecule has 156 valence electrons. The maximum Gasteiger partial charge on any atom is 0.347 e. The van der Waals surface area contributed by atoms with Crippen LogP contribution in [0, 0.1) is 0 Å². The summed E-state index contributed by atoms with van der Waals surface area (Å²) in [5.41, 5.74) is -0.877. The Morgan fingerprint density at radius 2 is 1.57 bits per heavy atom. The van der Waals surface area contributed by atoms with Crippen molar-refractivity contribution < 1.29 is 5.11 Å². The van der Waals surface area contributed by atoms with Crippen LogP contribution in [0.15, 0.2) is 49.0 Å². The van der Waals surface area contributed by atoms with Crippen LogP contribution in [0.2, 0.25) is 5.02 Å². The van der Waals surface area contributed by atoms with Gasteiger partial charge in [-0.3, -0.25) is 0 Å². The molecule has 12 heteroatoms. The van der Waals surface area contributed by atoms with E-state index in [1.807, 2.05) is 0 Å². The van der Waals surface area contributed by atoms with Crippen LogP contribution >= 0.6 is 11.6 Å². The first kappa shape index (κ1) is 18.6. The van der Waals surface area contributed by atoms with E-state index in [1.165, 1.54) is 45.0 Å². The highest BCUT2D eigenvalue weighted by molar-refractivity contribution is 6.31. The van der Waals surface area contributed by atoms with E-state index in [1.54, 1.807) is 12.1 Å². The van der Waals surface area contributed by atoms with Gasteiger partial charge in [0.15, 0.2) is 0 Å². The molecule has 3 aromatic rings.